The van der Waals surface area contributed by atoms with Gasteiger partial charge in [-0.05, 0) is 55.0 Å². The first-order valence-electron chi connectivity index (χ1n) is 10.1. The van der Waals surface area contributed by atoms with Gasteiger partial charge in [0.2, 0.25) is 11.7 Å². The minimum Gasteiger partial charge on any atom is -0.493 e. The molecule has 0 heterocycles. The molecular formula is C24H25F2NO6. The van der Waals surface area contributed by atoms with E-state index in [4.69, 9.17) is 9.47 Å². The first kappa shape index (κ1) is 25.5. The van der Waals surface area contributed by atoms with Crippen LogP contribution in [0.2, 0.25) is 0 Å². The van der Waals surface area contributed by atoms with E-state index in [1.165, 1.54) is 50.4 Å². The Labute approximate surface area is 190 Å². The number of rotatable bonds is 10. The van der Waals surface area contributed by atoms with Crippen molar-refractivity contribution in [2.45, 2.75) is 33.5 Å². The summed E-state index contributed by atoms with van der Waals surface area (Å²) in [6, 6.07) is 10.4. The number of hydrogen-bond acceptors (Lipinski definition) is 6. The van der Waals surface area contributed by atoms with E-state index in [-0.39, 0.29) is 23.3 Å². The molecule has 176 valence electrons. The van der Waals surface area contributed by atoms with Crippen LogP contribution in [0.3, 0.4) is 0 Å². The van der Waals surface area contributed by atoms with Crippen molar-refractivity contribution in [2.24, 2.45) is 5.92 Å². The Morgan fingerprint density at radius 3 is 2.21 bits per heavy atom. The number of Topliss-reactive ketones (excluding diaryl/α,β-unsaturated/α-hetero) is 1. The first-order chi connectivity index (χ1) is 15.6. The molecule has 1 N–H and O–H groups in total. The Bertz CT molecular complexity index is 1020. The second kappa shape index (κ2) is 11.8. The molecule has 1 atom stereocenters. The van der Waals surface area contributed by atoms with Gasteiger partial charge in [0.25, 0.3) is 0 Å². The van der Waals surface area contributed by atoms with Gasteiger partial charge in [-0.3, -0.25) is 9.59 Å². The lowest BCUT2D eigenvalue weighted by molar-refractivity contribution is -0.140. The Kier molecular flexibility index (Phi) is 9.08. The maximum absolute atomic E-state index is 12.5. The van der Waals surface area contributed by atoms with Crippen LogP contribution in [0.25, 0.3) is 6.08 Å². The molecule has 9 heteroatoms. The summed E-state index contributed by atoms with van der Waals surface area (Å²) in [5, 5.41) is 2.72. The summed E-state index contributed by atoms with van der Waals surface area (Å²) in [4.78, 5) is 36.4. The van der Waals surface area contributed by atoms with Crippen molar-refractivity contribution in [1.29, 1.82) is 0 Å². The van der Waals surface area contributed by atoms with Crippen molar-refractivity contribution in [1.82, 2.24) is 0 Å². The molecule has 0 spiro atoms. The molecule has 2 aromatic carbocycles. The number of esters is 1. The van der Waals surface area contributed by atoms with Crippen LogP contribution in [0.5, 0.6) is 11.5 Å². The van der Waals surface area contributed by atoms with Gasteiger partial charge >= 0.3 is 12.6 Å². The van der Waals surface area contributed by atoms with Crippen LogP contribution in [0, 0.1) is 5.92 Å². The average Bonchev–Trinajstić information content (AvgIpc) is 2.77. The third-order valence-corrected chi connectivity index (χ3v) is 4.44. The number of amides is 1. The monoisotopic (exact) mass is 461 g/mol. The molecule has 0 aliphatic carbocycles. The highest BCUT2D eigenvalue weighted by molar-refractivity contribution is 6.01. The fraction of sp³-hybridized carbons (Fsp3) is 0.292. The highest BCUT2D eigenvalue weighted by Crippen LogP contribution is 2.29. The SMILES string of the molecule is COc1cc(/C=C/C(=O)OC(C)C(=O)c2ccc(NC(=O)C(C)C)cc2)ccc1OC(F)F. The van der Waals surface area contributed by atoms with Crippen molar-refractivity contribution < 1.29 is 37.4 Å². The third kappa shape index (κ3) is 7.71. The molecule has 0 bridgehead atoms. The summed E-state index contributed by atoms with van der Waals surface area (Å²) >= 11 is 0. The molecule has 0 aliphatic rings. The fourth-order valence-corrected chi connectivity index (χ4v) is 2.65. The molecule has 1 amide bonds. The van der Waals surface area contributed by atoms with Crippen molar-refractivity contribution in [3.8, 4) is 11.5 Å². The van der Waals surface area contributed by atoms with Gasteiger partial charge in [-0.25, -0.2) is 4.79 Å². The number of ether oxygens (including phenoxy) is 3. The molecule has 0 aromatic heterocycles. The molecule has 0 radical (unpaired) electrons. The van der Waals surface area contributed by atoms with E-state index >= 15 is 0 Å². The Balaban J connectivity index is 1.97. The predicted octanol–water partition coefficient (Wildman–Crippen LogP) is 4.72. The Hall–Kier alpha value is -3.75. The quantitative estimate of drug-likeness (QED) is 0.313. The van der Waals surface area contributed by atoms with E-state index in [0.29, 0.717) is 16.8 Å². The summed E-state index contributed by atoms with van der Waals surface area (Å²) in [7, 11) is 1.30. The van der Waals surface area contributed by atoms with Gasteiger partial charge in [0.05, 0.1) is 7.11 Å². The van der Waals surface area contributed by atoms with Crippen LogP contribution in [-0.4, -0.2) is 37.5 Å². The van der Waals surface area contributed by atoms with Gasteiger partial charge in [0.15, 0.2) is 17.6 Å². The number of alkyl halides is 2. The normalized spacial score (nSPS) is 12.0. The van der Waals surface area contributed by atoms with Crippen LogP contribution < -0.4 is 14.8 Å². The molecule has 0 fully saturated rings. The minimum absolute atomic E-state index is 0.0717. The number of methoxy groups -OCH3 is 1. The van der Waals surface area contributed by atoms with E-state index in [2.05, 4.69) is 10.1 Å². The predicted molar refractivity (Wildman–Crippen MR) is 118 cm³/mol. The molecule has 2 aromatic rings. The van der Waals surface area contributed by atoms with Gasteiger partial charge < -0.3 is 19.5 Å². The Morgan fingerprint density at radius 1 is 0.970 bits per heavy atom. The van der Waals surface area contributed by atoms with Crippen LogP contribution >= 0.6 is 0 Å². The van der Waals surface area contributed by atoms with Crippen LogP contribution in [0.15, 0.2) is 48.5 Å². The second-order valence-corrected chi connectivity index (χ2v) is 7.29. The summed E-state index contributed by atoms with van der Waals surface area (Å²) in [6.45, 7) is 1.99. The number of ketones is 1. The largest absolute Gasteiger partial charge is 0.493 e. The number of anilines is 1. The summed E-state index contributed by atoms with van der Waals surface area (Å²) in [5.41, 5.74) is 1.35. The standard InChI is InChI=1S/C24H25F2NO6/c1-14(2)23(30)27-18-9-7-17(8-10-18)22(29)15(3)32-21(28)12-6-16-5-11-19(33-24(25)26)20(13-16)31-4/h5-15,24H,1-4H3,(H,27,30)/b12-6+. The van der Waals surface area contributed by atoms with Crippen LogP contribution in [0.4, 0.5) is 14.5 Å². The lowest BCUT2D eigenvalue weighted by atomic mass is 10.1. The minimum atomic E-state index is -3.00. The van der Waals surface area contributed by atoms with Crippen LogP contribution in [-0.2, 0) is 14.3 Å². The maximum Gasteiger partial charge on any atom is 0.387 e. The topological polar surface area (TPSA) is 90.9 Å². The molecule has 2 rings (SSSR count). The van der Waals surface area contributed by atoms with E-state index in [1.54, 1.807) is 26.0 Å². The molecule has 7 nitrogen and oxygen atoms in total. The van der Waals surface area contributed by atoms with Gasteiger partial charge in [0.1, 0.15) is 0 Å². The number of hydrogen-bond donors (Lipinski definition) is 1. The number of carbonyl (C=O) groups excluding carboxylic acids is 3. The Morgan fingerprint density at radius 2 is 1.64 bits per heavy atom. The van der Waals surface area contributed by atoms with E-state index in [1.807, 2.05) is 0 Å². The molecule has 0 saturated carbocycles. The molecule has 0 saturated heterocycles. The number of nitrogens with one attached hydrogen (secondary N) is 1. The summed E-state index contributed by atoms with van der Waals surface area (Å²) in [5.74, 6) is -1.55. The fourth-order valence-electron chi connectivity index (χ4n) is 2.65. The number of benzene rings is 2. The van der Waals surface area contributed by atoms with E-state index in [0.717, 1.165) is 6.08 Å². The molecule has 1 unspecified atom stereocenters. The van der Waals surface area contributed by atoms with E-state index < -0.39 is 24.5 Å². The van der Waals surface area contributed by atoms with Gasteiger partial charge in [-0.1, -0.05) is 19.9 Å². The van der Waals surface area contributed by atoms with Crippen molar-refractivity contribution in [3.63, 3.8) is 0 Å². The highest BCUT2D eigenvalue weighted by Gasteiger charge is 2.19. The second-order valence-electron chi connectivity index (χ2n) is 7.29. The van der Waals surface area contributed by atoms with Crippen molar-refractivity contribution in [2.75, 3.05) is 12.4 Å². The summed E-state index contributed by atoms with van der Waals surface area (Å²) in [6.07, 6.45) is 1.45. The summed E-state index contributed by atoms with van der Waals surface area (Å²) < 4.78 is 39.3. The average molecular weight is 461 g/mol. The van der Waals surface area contributed by atoms with Crippen LogP contribution in [0.1, 0.15) is 36.7 Å². The zero-order chi connectivity index (χ0) is 24.5. The first-order valence-corrected chi connectivity index (χ1v) is 10.1. The molecule has 0 aliphatic heterocycles. The van der Waals surface area contributed by atoms with Crippen molar-refractivity contribution >= 4 is 29.4 Å². The van der Waals surface area contributed by atoms with Gasteiger partial charge in [-0.15, -0.1) is 0 Å². The lowest BCUT2D eigenvalue weighted by Gasteiger charge is -2.12. The third-order valence-electron chi connectivity index (χ3n) is 4.44. The zero-order valence-corrected chi connectivity index (χ0v) is 18.6. The molecule has 33 heavy (non-hydrogen) atoms. The van der Waals surface area contributed by atoms with Gasteiger partial charge in [0, 0.05) is 23.2 Å². The number of halogens is 2. The van der Waals surface area contributed by atoms with Gasteiger partial charge in [-0.2, -0.15) is 8.78 Å². The van der Waals surface area contributed by atoms with E-state index in [9.17, 15) is 23.2 Å². The number of carbonyl (C=O) groups is 3. The lowest BCUT2D eigenvalue weighted by Crippen LogP contribution is -2.23. The molecular weight excluding hydrogens is 436 g/mol. The zero-order valence-electron chi connectivity index (χ0n) is 18.6. The maximum atomic E-state index is 12.5. The smallest absolute Gasteiger partial charge is 0.387 e. The van der Waals surface area contributed by atoms with Crippen molar-refractivity contribution in [3.05, 3.63) is 59.7 Å². The highest BCUT2D eigenvalue weighted by atomic mass is 19.3.